The highest BCUT2D eigenvalue weighted by Crippen LogP contribution is 2.21. The van der Waals surface area contributed by atoms with E-state index < -0.39 is 5.97 Å². The Kier molecular flexibility index (Phi) is 4.50. The summed E-state index contributed by atoms with van der Waals surface area (Å²) in [5.41, 5.74) is 1.20. The molecule has 0 amide bonds. The number of hydrogen-bond acceptors (Lipinski definition) is 1. The van der Waals surface area contributed by atoms with Crippen molar-refractivity contribution < 1.29 is 14.3 Å². The van der Waals surface area contributed by atoms with Gasteiger partial charge >= 0.3 is 5.97 Å². The summed E-state index contributed by atoms with van der Waals surface area (Å²) in [6.45, 7) is 1.65. The van der Waals surface area contributed by atoms with Crippen LogP contribution < -0.4 is 0 Å². The number of aryl methyl sites for hydroxylation is 2. The minimum absolute atomic E-state index is 0.290. The molecule has 1 rings (SSSR count). The second-order valence-electron chi connectivity index (χ2n) is 3.47. The van der Waals surface area contributed by atoms with Crippen molar-refractivity contribution in [3.05, 3.63) is 46.3 Å². The summed E-state index contributed by atoms with van der Waals surface area (Å²) in [6.07, 6.45) is 3.64. The molecule has 2 nitrogen and oxygen atoms in total. The summed E-state index contributed by atoms with van der Waals surface area (Å²) in [5.74, 6) is -1.28. The van der Waals surface area contributed by atoms with Gasteiger partial charge in [-0.1, -0.05) is 17.7 Å². The van der Waals surface area contributed by atoms with Crippen LogP contribution in [-0.4, -0.2) is 11.1 Å². The molecule has 0 unspecified atom stereocenters. The average Bonchev–Trinajstić information content (AvgIpc) is 2.19. The van der Waals surface area contributed by atoms with Crippen LogP contribution in [0.15, 0.2) is 24.3 Å². The zero-order valence-corrected chi connectivity index (χ0v) is 9.59. The lowest BCUT2D eigenvalue weighted by atomic mass is 10.1. The smallest absolute Gasteiger partial charge is 0.327 e. The molecule has 4 heteroatoms. The van der Waals surface area contributed by atoms with Gasteiger partial charge in [-0.3, -0.25) is 0 Å². The van der Waals surface area contributed by atoms with Crippen LogP contribution in [0.3, 0.4) is 0 Å². The Morgan fingerprint density at radius 1 is 1.56 bits per heavy atom. The van der Waals surface area contributed by atoms with Gasteiger partial charge in [-0.05, 0) is 43.0 Å². The van der Waals surface area contributed by atoms with Gasteiger partial charge in [0.15, 0.2) is 0 Å². The largest absolute Gasteiger partial charge is 0.478 e. The molecule has 1 aromatic carbocycles. The highest BCUT2D eigenvalue weighted by Gasteiger charge is 2.04. The van der Waals surface area contributed by atoms with Gasteiger partial charge in [0.1, 0.15) is 5.82 Å². The second-order valence-corrected chi connectivity index (χ2v) is 3.88. The summed E-state index contributed by atoms with van der Waals surface area (Å²) >= 11 is 5.94. The molecule has 0 aliphatic carbocycles. The van der Waals surface area contributed by atoms with Crippen molar-refractivity contribution in [2.24, 2.45) is 0 Å². The van der Waals surface area contributed by atoms with E-state index in [1.807, 2.05) is 0 Å². The third kappa shape index (κ3) is 3.66. The molecule has 0 spiro atoms. The van der Waals surface area contributed by atoms with Crippen LogP contribution in [0.1, 0.15) is 17.5 Å². The zero-order chi connectivity index (χ0) is 12.1. The summed E-state index contributed by atoms with van der Waals surface area (Å²) in [5, 5.41) is 8.89. The van der Waals surface area contributed by atoms with Gasteiger partial charge in [0, 0.05) is 11.1 Å². The summed E-state index contributed by atoms with van der Waals surface area (Å²) in [6, 6.07) is 2.97. The van der Waals surface area contributed by atoms with Crippen molar-refractivity contribution in [1.82, 2.24) is 0 Å². The number of benzene rings is 1. The van der Waals surface area contributed by atoms with Crippen molar-refractivity contribution >= 4 is 17.6 Å². The molecule has 86 valence electrons. The lowest BCUT2D eigenvalue weighted by Crippen LogP contribution is -1.91. The molecule has 1 aromatic rings. The fourth-order valence-corrected chi connectivity index (χ4v) is 1.61. The van der Waals surface area contributed by atoms with Gasteiger partial charge in [0.05, 0.1) is 0 Å². The predicted octanol–water partition coefficient (Wildman–Crippen LogP) is 3.36. The Labute approximate surface area is 98.4 Å². The van der Waals surface area contributed by atoms with Gasteiger partial charge < -0.3 is 5.11 Å². The van der Waals surface area contributed by atoms with Crippen molar-refractivity contribution in [3.63, 3.8) is 0 Å². The Hall–Kier alpha value is -1.35. The first kappa shape index (κ1) is 12.7. The average molecular weight is 243 g/mol. The lowest BCUT2D eigenvalue weighted by Gasteiger charge is -2.04. The maximum atomic E-state index is 13.2. The molecule has 0 aliphatic rings. The van der Waals surface area contributed by atoms with E-state index in [0.29, 0.717) is 29.0 Å². The highest BCUT2D eigenvalue weighted by molar-refractivity contribution is 6.31. The summed E-state index contributed by atoms with van der Waals surface area (Å²) in [4.78, 5) is 10.2. The van der Waals surface area contributed by atoms with Crippen molar-refractivity contribution in [3.8, 4) is 0 Å². The SMILES string of the molecule is Cc1cc(Cl)c(CC/C=C/C(=O)O)cc1F. The molecule has 1 N–H and O–H groups in total. The Morgan fingerprint density at radius 3 is 2.88 bits per heavy atom. The van der Waals surface area contributed by atoms with E-state index in [4.69, 9.17) is 16.7 Å². The molecular weight excluding hydrogens is 231 g/mol. The number of carboxylic acids is 1. The van der Waals surface area contributed by atoms with Gasteiger partial charge in [-0.25, -0.2) is 9.18 Å². The molecule has 0 heterocycles. The molecule has 0 saturated heterocycles. The van der Waals surface area contributed by atoms with Gasteiger partial charge in [-0.2, -0.15) is 0 Å². The molecule has 0 atom stereocenters. The van der Waals surface area contributed by atoms with Crippen LogP contribution >= 0.6 is 11.6 Å². The maximum Gasteiger partial charge on any atom is 0.327 e. The van der Waals surface area contributed by atoms with Gasteiger partial charge in [-0.15, -0.1) is 0 Å². The van der Waals surface area contributed by atoms with Crippen LogP contribution in [0, 0.1) is 12.7 Å². The Morgan fingerprint density at radius 2 is 2.25 bits per heavy atom. The Bertz CT molecular complexity index is 427. The minimum Gasteiger partial charge on any atom is -0.478 e. The highest BCUT2D eigenvalue weighted by atomic mass is 35.5. The number of carbonyl (C=O) groups is 1. The molecular formula is C12H12ClFO2. The van der Waals surface area contributed by atoms with Crippen molar-refractivity contribution in [2.75, 3.05) is 0 Å². The molecule has 0 aromatic heterocycles. The maximum absolute atomic E-state index is 13.2. The van der Waals surface area contributed by atoms with E-state index >= 15 is 0 Å². The number of carboxylic acid groups (broad SMARTS) is 1. The topological polar surface area (TPSA) is 37.3 Å². The zero-order valence-electron chi connectivity index (χ0n) is 8.84. The molecule has 0 radical (unpaired) electrons. The number of rotatable bonds is 4. The van der Waals surface area contributed by atoms with Crippen LogP contribution in [-0.2, 0) is 11.2 Å². The predicted molar refractivity (Wildman–Crippen MR) is 61.2 cm³/mol. The number of hydrogen-bond donors (Lipinski definition) is 1. The van der Waals surface area contributed by atoms with Crippen molar-refractivity contribution in [2.45, 2.75) is 19.8 Å². The van der Waals surface area contributed by atoms with Crippen LogP contribution in [0.5, 0.6) is 0 Å². The van der Waals surface area contributed by atoms with E-state index in [-0.39, 0.29) is 5.82 Å². The summed E-state index contributed by atoms with van der Waals surface area (Å²) < 4.78 is 13.2. The fraction of sp³-hybridized carbons (Fsp3) is 0.250. The second kappa shape index (κ2) is 5.66. The summed E-state index contributed by atoms with van der Waals surface area (Å²) in [7, 11) is 0. The Balaban J connectivity index is 2.67. The molecule has 0 aliphatic heterocycles. The standard InChI is InChI=1S/C12H12ClFO2/c1-8-6-10(13)9(7-11(8)14)4-2-3-5-12(15)16/h3,5-7H,2,4H2,1H3,(H,15,16)/b5-3+. The quantitative estimate of drug-likeness (QED) is 0.822. The van der Waals surface area contributed by atoms with Crippen LogP contribution in [0.2, 0.25) is 5.02 Å². The molecule has 0 bridgehead atoms. The minimum atomic E-state index is -0.985. The molecule has 0 saturated carbocycles. The van der Waals surface area contributed by atoms with Crippen molar-refractivity contribution in [1.29, 1.82) is 0 Å². The molecule has 0 fully saturated rings. The third-order valence-electron chi connectivity index (χ3n) is 2.17. The van der Waals surface area contributed by atoms with Gasteiger partial charge in [0.25, 0.3) is 0 Å². The fourth-order valence-electron chi connectivity index (χ4n) is 1.30. The van der Waals surface area contributed by atoms with E-state index in [1.165, 1.54) is 12.1 Å². The third-order valence-corrected chi connectivity index (χ3v) is 2.52. The van der Waals surface area contributed by atoms with E-state index in [9.17, 15) is 9.18 Å². The van der Waals surface area contributed by atoms with E-state index in [1.54, 1.807) is 13.0 Å². The van der Waals surface area contributed by atoms with E-state index in [0.717, 1.165) is 6.08 Å². The first-order valence-corrected chi connectivity index (χ1v) is 5.22. The normalized spacial score (nSPS) is 10.9. The first-order chi connectivity index (χ1) is 7.50. The van der Waals surface area contributed by atoms with Crippen LogP contribution in [0.25, 0.3) is 0 Å². The monoisotopic (exact) mass is 242 g/mol. The van der Waals surface area contributed by atoms with Crippen LogP contribution in [0.4, 0.5) is 4.39 Å². The van der Waals surface area contributed by atoms with Gasteiger partial charge in [0.2, 0.25) is 0 Å². The first-order valence-electron chi connectivity index (χ1n) is 4.84. The molecule has 16 heavy (non-hydrogen) atoms. The lowest BCUT2D eigenvalue weighted by molar-refractivity contribution is -0.131. The number of aliphatic carboxylic acids is 1. The van der Waals surface area contributed by atoms with E-state index in [2.05, 4.69) is 0 Å². The number of halogens is 2. The number of allylic oxidation sites excluding steroid dienone is 1.